The molecule has 1 amide bonds. The Morgan fingerprint density at radius 1 is 1.21 bits per heavy atom. The fraction of sp³-hybridized carbons (Fsp3) is 0.250. The maximum Gasteiger partial charge on any atom is 0.431 e. The Labute approximate surface area is 140 Å². The molecule has 0 saturated heterocycles. The predicted octanol–water partition coefficient (Wildman–Crippen LogP) is 3.93. The Morgan fingerprint density at radius 2 is 1.83 bits per heavy atom. The molecular weight excluding hydrogens is 345 g/mol. The van der Waals surface area contributed by atoms with Gasteiger partial charge in [-0.05, 0) is 36.2 Å². The SMILES string of the molecule is CCC(NC(=O)c1ccc(C(F)(F)F)[nH]c1=O)c1ccc(Cl)cc1. The second-order valence-corrected chi connectivity index (χ2v) is 5.53. The third-order valence-corrected chi connectivity index (χ3v) is 3.70. The minimum absolute atomic E-state index is 0.379. The normalized spacial score (nSPS) is 12.7. The third kappa shape index (κ3) is 4.17. The maximum atomic E-state index is 12.5. The Morgan fingerprint density at radius 3 is 2.33 bits per heavy atom. The molecule has 1 heterocycles. The molecule has 0 radical (unpaired) electrons. The van der Waals surface area contributed by atoms with Crippen molar-refractivity contribution in [2.45, 2.75) is 25.6 Å². The number of alkyl halides is 3. The molecule has 0 aliphatic heterocycles. The van der Waals surface area contributed by atoms with Gasteiger partial charge in [0.2, 0.25) is 0 Å². The summed E-state index contributed by atoms with van der Waals surface area (Å²) in [6.45, 7) is 1.83. The number of carbonyl (C=O) groups excluding carboxylic acids is 1. The maximum absolute atomic E-state index is 12.5. The lowest BCUT2D eigenvalue weighted by molar-refractivity contribution is -0.141. The van der Waals surface area contributed by atoms with Crippen LogP contribution < -0.4 is 10.9 Å². The van der Waals surface area contributed by atoms with Crippen molar-refractivity contribution in [2.75, 3.05) is 0 Å². The van der Waals surface area contributed by atoms with Gasteiger partial charge < -0.3 is 10.3 Å². The summed E-state index contributed by atoms with van der Waals surface area (Å²) in [6, 6.07) is 7.93. The van der Waals surface area contributed by atoms with E-state index in [0.717, 1.165) is 11.6 Å². The van der Waals surface area contributed by atoms with Crippen LogP contribution in [-0.2, 0) is 6.18 Å². The summed E-state index contributed by atoms with van der Waals surface area (Å²) in [6.07, 6.45) is -4.14. The summed E-state index contributed by atoms with van der Waals surface area (Å²) in [4.78, 5) is 25.6. The van der Waals surface area contributed by atoms with Crippen LogP contribution in [0.1, 0.15) is 41.0 Å². The van der Waals surface area contributed by atoms with E-state index in [9.17, 15) is 22.8 Å². The Kier molecular flexibility index (Phi) is 5.33. The molecule has 128 valence electrons. The number of amides is 1. The standard InChI is InChI=1S/C16H14ClF3N2O2/c1-2-12(9-3-5-10(17)6-4-9)21-14(23)11-7-8-13(16(18,19)20)22-15(11)24/h3-8,12H,2H2,1H3,(H,21,23)(H,22,24). The molecule has 1 unspecified atom stereocenters. The first-order valence-corrected chi connectivity index (χ1v) is 7.47. The average molecular weight is 359 g/mol. The van der Waals surface area contributed by atoms with Gasteiger partial charge in [-0.3, -0.25) is 9.59 Å². The van der Waals surface area contributed by atoms with Crippen molar-refractivity contribution in [1.82, 2.24) is 10.3 Å². The van der Waals surface area contributed by atoms with Gasteiger partial charge in [0.15, 0.2) is 0 Å². The van der Waals surface area contributed by atoms with Gasteiger partial charge in [0.05, 0.1) is 6.04 Å². The minimum atomic E-state index is -4.68. The summed E-state index contributed by atoms with van der Waals surface area (Å²) in [5.74, 6) is -0.744. The van der Waals surface area contributed by atoms with Crippen molar-refractivity contribution >= 4 is 17.5 Å². The monoisotopic (exact) mass is 358 g/mol. The molecule has 0 aliphatic rings. The van der Waals surface area contributed by atoms with E-state index in [1.54, 1.807) is 29.2 Å². The van der Waals surface area contributed by atoms with E-state index in [1.165, 1.54) is 0 Å². The molecule has 0 spiro atoms. The fourth-order valence-electron chi connectivity index (χ4n) is 2.17. The molecule has 1 atom stereocenters. The number of benzene rings is 1. The quantitative estimate of drug-likeness (QED) is 0.870. The highest BCUT2D eigenvalue weighted by Gasteiger charge is 2.32. The van der Waals surface area contributed by atoms with Crippen LogP contribution in [0.3, 0.4) is 0 Å². The number of pyridine rings is 1. The van der Waals surface area contributed by atoms with E-state index in [4.69, 9.17) is 11.6 Å². The lowest BCUT2D eigenvalue weighted by Gasteiger charge is -2.17. The van der Waals surface area contributed by atoms with E-state index in [2.05, 4.69) is 5.32 Å². The Hall–Kier alpha value is -2.28. The molecule has 24 heavy (non-hydrogen) atoms. The highest BCUT2D eigenvalue weighted by atomic mass is 35.5. The zero-order valence-corrected chi connectivity index (χ0v) is 13.3. The van der Waals surface area contributed by atoms with Crippen LogP contribution in [0.5, 0.6) is 0 Å². The molecule has 2 N–H and O–H groups in total. The third-order valence-electron chi connectivity index (χ3n) is 3.45. The van der Waals surface area contributed by atoms with Gasteiger partial charge in [0, 0.05) is 5.02 Å². The lowest BCUT2D eigenvalue weighted by Crippen LogP contribution is -2.33. The van der Waals surface area contributed by atoms with Gasteiger partial charge in [-0.1, -0.05) is 30.7 Å². The lowest BCUT2D eigenvalue weighted by atomic mass is 10.0. The molecule has 0 aliphatic carbocycles. The second kappa shape index (κ2) is 7.09. The molecule has 2 aromatic rings. The van der Waals surface area contributed by atoms with E-state index >= 15 is 0 Å². The van der Waals surface area contributed by atoms with Crippen molar-refractivity contribution < 1.29 is 18.0 Å². The van der Waals surface area contributed by atoms with E-state index < -0.39 is 29.4 Å². The van der Waals surface area contributed by atoms with E-state index in [0.29, 0.717) is 17.5 Å². The van der Waals surface area contributed by atoms with Crippen molar-refractivity contribution in [3.8, 4) is 0 Å². The van der Waals surface area contributed by atoms with Crippen LogP contribution >= 0.6 is 11.6 Å². The summed E-state index contributed by atoms with van der Waals surface area (Å²) in [5.41, 5.74) is -1.89. The molecule has 1 aromatic carbocycles. The number of nitrogens with one attached hydrogen (secondary N) is 2. The second-order valence-electron chi connectivity index (χ2n) is 5.10. The Balaban J connectivity index is 2.22. The zero-order chi connectivity index (χ0) is 17.9. The molecule has 1 aromatic heterocycles. The molecule has 0 fully saturated rings. The average Bonchev–Trinajstić information content (AvgIpc) is 2.52. The van der Waals surface area contributed by atoms with Crippen LogP contribution in [0, 0.1) is 0 Å². The van der Waals surface area contributed by atoms with Gasteiger partial charge >= 0.3 is 6.18 Å². The number of hydrogen-bond donors (Lipinski definition) is 2. The van der Waals surface area contributed by atoms with E-state index in [-0.39, 0.29) is 5.56 Å². The number of aromatic amines is 1. The van der Waals surface area contributed by atoms with Crippen LogP contribution in [0.4, 0.5) is 13.2 Å². The van der Waals surface area contributed by atoms with Crippen molar-refractivity contribution in [2.24, 2.45) is 0 Å². The van der Waals surface area contributed by atoms with Gasteiger partial charge in [0.25, 0.3) is 11.5 Å². The number of aromatic nitrogens is 1. The van der Waals surface area contributed by atoms with Gasteiger partial charge in [-0.2, -0.15) is 13.2 Å². The first-order chi connectivity index (χ1) is 11.2. The number of hydrogen-bond acceptors (Lipinski definition) is 2. The summed E-state index contributed by atoms with van der Waals surface area (Å²) in [7, 11) is 0. The largest absolute Gasteiger partial charge is 0.431 e. The molecule has 4 nitrogen and oxygen atoms in total. The summed E-state index contributed by atoms with van der Waals surface area (Å²) in [5, 5.41) is 3.18. The number of rotatable bonds is 4. The molecule has 0 saturated carbocycles. The van der Waals surface area contributed by atoms with Crippen LogP contribution in [0.15, 0.2) is 41.2 Å². The first-order valence-electron chi connectivity index (χ1n) is 7.09. The van der Waals surface area contributed by atoms with Crippen molar-refractivity contribution in [3.63, 3.8) is 0 Å². The summed E-state index contributed by atoms with van der Waals surface area (Å²) < 4.78 is 37.6. The number of H-pyrrole nitrogens is 1. The van der Waals surface area contributed by atoms with Crippen LogP contribution in [0.25, 0.3) is 0 Å². The highest BCUT2D eigenvalue weighted by Crippen LogP contribution is 2.26. The molecule has 2 rings (SSSR count). The van der Waals surface area contributed by atoms with Gasteiger partial charge in [-0.15, -0.1) is 0 Å². The molecule has 8 heteroatoms. The first kappa shape index (κ1) is 18.1. The van der Waals surface area contributed by atoms with E-state index in [1.807, 2.05) is 6.92 Å². The zero-order valence-electron chi connectivity index (χ0n) is 12.6. The number of halogens is 4. The van der Waals surface area contributed by atoms with Crippen molar-refractivity contribution in [1.29, 1.82) is 0 Å². The number of carbonyl (C=O) groups is 1. The topological polar surface area (TPSA) is 62.0 Å². The summed E-state index contributed by atoms with van der Waals surface area (Å²) >= 11 is 5.81. The predicted molar refractivity (Wildman–Crippen MR) is 84.0 cm³/mol. The highest BCUT2D eigenvalue weighted by molar-refractivity contribution is 6.30. The van der Waals surface area contributed by atoms with Crippen LogP contribution in [-0.4, -0.2) is 10.9 Å². The smallest absolute Gasteiger partial charge is 0.345 e. The minimum Gasteiger partial charge on any atom is -0.345 e. The van der Waals surface area contributed by atoms with Crippen molar-refractivity contribution in [3.05, 3.63) is 68.6 Å². The molecule has 0 bridgehead atoms. The Bertz CT molecular complexity index is 785. The van der Waals surface area contributed by atoms with Gasteiger partial charge in [0.1, 0.15) is 11.3 Å². The molecular formula is C16H14ClF3N2O2. The van der Waals surface area contributed by atoms with Gasteiger partial charge in [-0.25, -0.2) is 0 Å². The van der Waals surface area contributed by atoms with Crippen LogP contribution in [0.2, 0.25) is 5.02 Å². The fourth-order valence-corrected chi connectivity index (χ4v) is 2.30.